The van der Waals surface area contributed by atoms with Crippen LogP contribution in [0.3, 0.4) is 0 Å². The van der Waals surface area contributed by atoms with Crippen LogP contribution in [0, 0.1) is 0 Å². The van der Waals surface area contributed by atoms with Gasteiger partial charge >= 0.3 is 6.03 Å². The predicted molar refractivity (Wildman–Crippen MR) is 75.6 cm³/mol. The van der Waals surface area contributed by atoms with Gasteiger partial charge in [0.05, 0.1) is 17.3 Å². The number of nitrogens with one attached hydrogen (secondary N) is 3. The molecule has 0 saturated carbocycles. The van der Waals surface area contributed by atoms with Gasteiger partial charge in [0.15, 0.2) is 0 Å². The summed E-state index contributed by atoms with van der Waals surface area (Å²) in [6.07, 6.45) is -0.435. The summed E-state index contributed by atoms with van der Waals surface area (Å²) in [6, 6.07) is 5.56. The quantitative estimate of drug-likeness (QED) is 0.368. The maximum Gasteiger partial charge on any atom is 0.323 e. The van der Waals surface area contributed by atoms with Gasteiger partial charge in [-0.2, -0.15) is 0 Å². The van der Waals surface area contributed by atoms with E-state index in [0.717, 1.165) is 4.68 Å². The minimum atomic E-state index is -2.61. The Labute approximate surface area is 127 Å². The number of para-hydroxylation sites is 1. The molecular weight excluding hydrogens is 306 g/mol. The zero-order chi connectivity index (χ0) is 16.4. The van der Waals surface area contributed by atoms with Crippen LogP contribution >= 0.6 is 0 Å². The van der Waals surface area contributed by atoms with Crippen LogP contribution in [0.2, 0.25) is 0 Å². The number of nitrogens with zero attached hydrogens (tertiary/aromatic N) is 2. The lowest BCUT2D eigenvalue weighted by atomic mass is 9.91. The van der Waals surface area contributed by atoms with Crippen molar-refractivity contribution in [1.29, 1.82) is 0 Å². The van der Waals surface area contributed by atoms with Crippen molar-refractivity contribution < 1.29 is 19.8 Å². The first kappa shape index (κ1) is 13.7. The number of urea groups is 1. The molecule has 1 saturated heterocycles. The Morgan fingerprint density at radius 1 is 1.17 bits per heavy atom. The molecule has 2 atom stereocenters. The molecule has 0 spiro atoms. The van der Waals surface area contributed by atoms with Crippen molar-refractivity contribution in [1.82, 2.24) is 20.3 Å². The van der Waals surface area contributed by atoms with Crippen molar-refractivity contribution in [2.24, 2.45) is 0 Å². The molecule has 2 aliphatic heterocycles. The molecule has 0 bridgehead atoms. The van der Waals surface area contributed by atoms with Gasteiger partial charge in [-0.05, 0) is 12.1 Å². The molecular formula is C13H11N5O5. The average molecular weight is 317 g/mol. The lowest BCUT2D eigenvalue weighted by molar-refractivity contribution is -0.186. The van der Waals surface area contributed by atoms with E-state index in [1.165, 1.54) is 0 Å². The summed E-state index contributed by atoms with van der Waals surface area (Å²) in [7, 11) is 0. The Morgan fingerprint density at radius 2 is 1.91 bits per heavy atom. The van der Waals surface area contributed by atoms with E-state index in [1.54, 1.807) is 24.3 Å². The summed E-state index contributed by atoms with van der Waals surface area (Å²) in [6.45, 7) is 0. The fourth-order valence-electron chi connectivity index (χ4n) is 2.81. The van der Waals surface area contributed by atoms with E-state index < -0.39 is 35.4 Å². The molecule has 1 fully saturated rings. The van der Waals surface area contributed by atoms with Crippen LogP contribution in [-0.4, -0.2) is 43.3 Å². The van der Waals surface area contributed by atoms with Crippen LogP contribution in [0.15, 0.2) is 29.1 Å². The van der Waals surface area contributed by atoms with Crippen molar-refractivity contribution in [3.05, 3.63) is 40.4 Å². The van der Waals surface area contributed by atoms with Gasteiger partial charge < -0.3 is 15.5 Å². The minimum Gasteiger partial charge on any atom is -0.366 e. The van der Waals surface area contributed by atoms with Crippen molar-refractivity contribution in [2.75, 3.05) is 5.43 Å². The summed E-state index contributed by atoms with van der Waals surface area (Å²) >= 11 is 0. The largest absolute Gasteiger partial charge is 0.366 e. The van der Waals surface area contributed by atoms with Gasteiger partial charge in [0.1, 0.15) is 5.82 Å². The fourth-order valence-corrected chi connectivity index (χ4v) is 2.81. The highest BCUT2D eigenvalue weighted by Crippen LogP contribution is 2.29. The number of amides is 3. The van der Waals surface area contributed by atoms with Crippen molar-refractivity contribution in [3.63, 3.8) is 0 Å². The van der Waals surface area contributed by atoms with Gasteiger partial charge in [-0.3, -0.25) is 20.3 Å². The van der Waals surface area contributed by atoms with Gasteiger partial charge in [0, 0.05) is 0 Å². The fraction of sp³-hybridized carbons (Fsp3) is 0.231. The monoisotopic (exact) mass is 317 g/mol. The molecule has 10 nitrogen and oxygen atoms in total. The van der Waals surface area contributed by atoms with E-state index in [0.29, 0.717) is 5.52 Å². The highest BCUT2D eigenvalue weighted by atomic mass is 16.4. The van der Waals surface area contributed by atoms with Crippen LogP contribution in [0.25, 0.3) is 10.9 Å². The molecule has 0 radical (unpaired) electrons. The maximum absolute atomic E-state index is 12.5. The molecule has 10 heteroatoms. The molecule has 23 heavy (non-hydrogen) atoms. The molecule has 2 unspecified atom stereocenters. The van der Waals surface area contributed by atoms with E-state index in [-0.39, 0.29) is 11.2 Å². The smallest absolute Gasteiger partial charge is 0.323 e. The Bertz CT molecular complexity index is 940. The van der Waals surface area contributed by atoms with Crippen LogP contribution in [0.4, 0.5) is 4.79 Å². The number of rotatable bonds is 0. The van der Waals surface area contributed by atoms with Crippen LogP contribution in [0.1, 0.15) is 5.82 Å². The molecule has 1 aromatic carbocycles. The van der Waals surface area contributed by atoms with Crippen LogP contribution in [-0.2, 0) is 11.2 Å². The molecule has 118 valence electrons. The second kappa shape index (κ2) is 4.06. The van der Waals surface area contributed by atoms with Gasteiger partial charge in [0.25, 0.3) is 17.2 Å². The highest BCUT2D eigenvalue weighted by molar-refractivity contribution is 6.03. The molecule has 2 aromatic rings. The third-order valence-corrected chi connectivity index (χ3v) is 4.01. The van der Waals surface area contributed by atoms with E-state index in [1.807, 2.05) is 5.32 Å². The van der Waals surface area contributed by atoms with Crippen LogP contribution in [0.5, 0.6) is 0 Å². The normalized spacial score (nSPS) is 29.1. The summed E-state index contributed by atoms with van der Waals surface area (Å²) in [4.78, 5) is 40.2. The number of aromatic nitrogens is 2. The average Bonchev–Trinajstić information content (AvgIpc) is 2.48. The number of hydrogen-bond donors (Lipinski definition) is 5. The van der Waals surface area contributed by atoms with Gasteiger partial charge in [-0.1, -0.05) is 12.1 Å². The zero-order valence-electron chi connectivity index (χ0n) is 11.5. The number of carbonyl (C=O) groups excluding carboxylic acids is 2. The molecule has 0 aliphatic carbocycles. The second-order valence-corrected chi connectivity index (χ2v) is 5.45. The van der Waals surface area contributed by atoms with Crippen molar-refractivity contribution >= 4 is 22.8 Å². The first-order chi connectivity index (χ1) is 10.8. The standard InChI is InChI=1S/C13H11N5O5/c19-9-6-3-1-2-4-7(6)14-8-5-12(22)13(23,17-18(8)9)10(20)15-11(21)16-12/h1-4,17,22-23H,5H2,(H2,15,16,20,21). The maximum atomic E-state index is 12.5. The summed E-state index contributed by atoms with van der Waals surface area (Å²) in [5.41, 5.74) is -2.82. The summed E-state index contributed by atoms with van der Waals surface area (Å²) < 4.78 is 0.897. The number of imide groups is 1. The SMILES string of the molecule is O=C1NC(=O)C2(O)Nn3c(nc4ccccc4c3=O)CC2(O)N1. The van der Waals surface area contributed by atoms with E-state index in [4.69, 9.17) is 0 Å². The number of benzene rings is 1. The Hall–Kier alpha value is -2.98. The zero-order valence-corrected chi connectivity index (χ0v) is 11.5. The Kier molecular flexibility index (Phi) is 2.41. The number of hydrogen-bond acceptors (Lipinski definition) is 7. The Balaban J connectivity index is 1.97. The third kappa shape index (κ3) is 1.64. The number of fused-ring (bicyclic) bond motifs is 3. The van der Waals surface area contributed by atoms with E-state index in [9.17, 15) is 24.6 Å². The predicted octanol–water partition coefficient (Wildman–Crippen LogP) is -2.29. The molecule has 3 heterocycles. The topological polar surface area (TPSA) is 146 Å². The summed E-state index contributed by atoms with van der Waals surface area (Å²) in [5.74, 6) is -1.11. The van der Waals surface area contributed by atoms with Crippen molar-refractivity contribution in [3.8, 4) is 0 Å². The van der Waals surface area contributed by atoms with Crippen molar-refractivity contribution in [2.45, 2.75) is 17.9 Å². The van der Waals surface area contributed by atoms with Gasteiger partial charge in [0.2, 0.25) is 5.72 Å². The van der Waals surface area contributed by atoms with E-state index in [2.05, 4.69) is 15.7 Å². The molecule has 4 rings (SSSR count). The molecule has 1 aromatic heterocycles. The first-order valence-electron chi connectivity index (χ1n) is 6.71. The lowest BCUT2D eigenvalue weighted by Gasteiger charge is -2.48. The van der Waals surface area contributed by atoms with E-state index >= 15 is 0 Å². The molecule has 3 amide bonds. The lowest BCUT2D eigenvalue weighted by Crippen LogP contribution is -2.83. The first-order valence-corrected chi connectivity index (χ1v) is 6.71. The minimum absolute atomic E-state index is 0.0656. The Morgan fingerprint density at radius 3 is 2.70 bits per heavy atom. The van der Waals surface area contributed by atoms with Gasteiger partial charge in [-0.15, -0.1) is 0 Å². The number of aliphatic hydroxyl groups is 2. The third-order valence-electron chi connectivity index (χ3n) is 4.01. The highest BCUT2D eigenvalue weighted by Gasteiger charge is 2.63. The van der Waals surface area contributed by atoms with Gasteiger partial charge in [-0.25, -0.2) is 14.5 Å². The number of carbonyl (C=O) groups is 2. The molecule has 2 aliphatic rings. The van der Waals surface area contributed by atoms with Crippen LogP contribution < -0.4 is 21.6 Å². The second-order valence-electron chi connectivity index (χ2n) is 5.45. The summed E-state index contributed by atoms with van der Waals surface area (Å²) in [5, 5.41) is 25.2. The molecule has 5 N–H and O–H groups in total.